The summed E-state index contributed by atoms with van der Waals surface area (Å²) in [6.07, 6.45) is 16.3. The van der Waals surface area contributed by atoms with Gasteiger partial charge in [-0.3, -0.25) is 29.9 Å². The Hall–Kier alpha value is -5.39. The summed E-state index contributed by atoms with van der Waals surface area (Å²) in [5.41, 5.74) is 14.0. The maximum atomic E-state index is 9.20. The highest BCUT2D eigenvalue weighted by Gasteiger charge is 2.13. The van der Waals surface area contributed by atoms with Gasteiger partial charge in [0.05, 0.1) is 24.5 Å². The molecular weight excluding hydrogens is 710 g/mol. The standard InChI is InChI=1S/C13H15N3.C13H11N3.C8H8N2.C5H4BrN.ClH/c2*1-10-2-3-12(9-16-10)13(8-14)11-4-6-15-7-5-11;1-7-2-3-8(4-5-9)6-10-7;6-5-1-3-7-4-2-5;/h2-7,9,13H,8,14H2,1H3;2-7,9,13H,1H3;2-3,6H,4H2,1H3;1-4H;1H. The fourth-order valence-electron chi connectivity index (χ4n) is 4.32. The number of hydrogen-bond acceptors (Lipinski definition) is 9. The predicted octanol–water partition coefficient (Wildman–Crippen LogP) is 8.04. The zero-order chi connectivity index (χ0) is 35.3. The van der Waals surface area contributed by atoms with Gasteiger partial charge in [0.15, 0.2) is 0 Å². The van der Waals surface area contributed by atoms with Crippen molar-refractivity contribution in [1.29, 1.82) is 10.5 Å². The van der Waals surface area contributed by atoms with Gasteiger partial charge in [0, 0.05) is 89.8 Å². The highest BCUT2D eigenvalue weighted by molar-refractivity contribution is 9.10. The smallest absolute Gasteiger partial charge is 0.0978 e. The summed E-state index contributed by atoms with van der Waals surface area (Å²) in [4.78, 5) is 24.3. The number of pyridine rings is 6. The van der Waals surface area contributed by atoms with E-state index >= 15 is 0 Å². The molecular formula is C39H39BrClN9. The molecule has 11 heteroatoms. The second-order valence-electron chi connectivity index (χ2n) is 10.7. The molecule has 0 fully saturated rings. The number of nitrogens with two attached hydrogens (primary N) is 1. The number of nitrogens with zero attached hydrogens (tertiary/aromatic N) is 8. The van der Waals surface area contributed by atoms with Crippen LogP contribution in [-0.4, -0.2) is 36.4 Å². The fourth-order valence-corrected chi connectivity index (χ4v) is 4.56. The van der Waals surface area contributed by atoms with Gasteiger partial charge >= 0.3 is 0 Å². The van der Waals surface area contributed by atoms with Crippen LogP contribution in [0.3, 0.4) is 0 Å². The summed E-state index contributed by atoms with van der Waals surface area (Å²) in [6.45, 7) is 6.41. The number of nitriles is 2. The first kappa shape index (κ1) is 40.8. The summed E-state index contributed by atoms with van der Waals surface area (Å²) >= 11 is 3.27. The van der Waals surface area contributed by atoms with E-state index in [9.17, 15) is 5.26 Å². The van der Waals surface area contributed by atoms with Gasteiger partial charge in [-0.2, -0.15) is 10.5 Å². The third-order valence-corrected chi connectivity index (χ3v) is 7.54. The van der Waals surface area contributed by atoms with Crippen LogP contribution < -0.4 is 5.73 Å². The first-order valence-electron chi connectivity index (χ1n) is 15.4. The van der Waals surface area contributed by atoms with Crippen LogP contribution in [0, 0.1) is 43.4 Å². The molecule has 0 saturated carbocycles. The Morgan fingerprint density at radius 2 is 1.06 bits per heavy atom. The van der Waals surface area contributed by atoms with E-state index in [4.69, 9.17) is 11.0 Å². The van der Waals surface area contributed by atoms with Crippen LogP contribution in [0.1, 0.15) is 56.7 Å². The van der Waals surface area contributed by atoms with Crippen molar-refractivity contribution in [2.45, 2.75) is 39.0 Å². The third-order valence-electron chi connectivity index (χ3n) is 7.01. The minimum atomic E-state index is -0.268. The van der Waals surface area contributed by atoms with Crippen molar-refractivity contribution in [2.24, 2.45) is 5.73 Å². The van der Waals surface area contributed by atoms with E-state index in [0.717, 1.165) is 43.8 Å². The minimum absolute atomic E-state index is 0. The van der Waals surface area contributed by atoms with E-state index in [1.165, 1.54) is 5.56 Å². The Morgan fingerprint density at radius 3 is 1.44 bits per heavy atom. The molecule has 0 saturated heterocycles. The third kappa shape index (κ3) is 14.4. The zero-order valence-electron chi connectivity index (χ0n) is 28.1. The normalized spacial score (nSPS) is 10.7. The largest absolute Gasteiger partial charge is 0.330 e. The topological polar surface area (TPSA) is 151 Å². The van der Waals surface area contributed by atoms with Crippen molar-refractivity contribution >= 4 is 28.3 Å². The molecule has 6 heterocycles. The Bertz CT molecular complexity index is 1860. The van der Waals surface area contributed by atoms with Crippen molar-refractivity contribution in [1.82, 2.24) is 29.9 Å². The first-order valence-corrected chi connectivity index (χ1v) is 16.2. The monoisotopic (exact) mass is 747 g/mol. The molecule has 0 spiro atoms. The molecule has 0 aliphatic carbocycles. The fraction of sp³-hybridized carbons (Fsp3) is 0.179. The summed E-state index contributed by atoms with van der Waals surface area (Å²) < 4.78 is 1.07. The van der Waals surface area contributed by atoms with E-state index < -0.39 is 0 Å². The second-order valence-corrected chi connectivity index (χ2v) is 11.6. The number of hydrogen-bond donors (Lipinski definition) is 1. The number of aryl methyl sites for hydroxylation is 3. The van der Waals surface area contributed by atoms with Crippen LogP contribution in [0.4, 0.5) is 0 Å². The van der Waals surface area contributed by atoms with Crippen LogP contribution in [0.2, 0.25) is 0 Å². The summed E-state index contributed by atoms with van der Waals surface area (Å²) in [6, 6.07) is 27.6. The molecule has 0 aliphatic heterocycles. The highest BCUT2D eigenvalue weighted by atomic mass is 79.9. The molecule has 0 bridgehead atoms. The molecule has 6 aromatic heterocycles. The van der Waals surface area contributed by atoms with Gasteiger partial charge in [-0.25, -0.2) is 0 Å². The first-order chi connectivity index (χ1) is 23.8. The second kappa shape index (κ2) is 23.0. The van der Waals surface area contributed by atoms with Crippen molar-refractivity contribution in [3.05, 3.63) is 178 Å². The van der Waals surface area contributed by atoms with Gasteiger partial charge < -0.3 is 5.73 Å². The molecule has 0 amide bonds. The van der Waals surface area contributed by atoms with Crippen molar-refractivity contribution < 1.29 is 0 Å². The predicted molar refractivity (Wildman–Crippen MR) is 202 cm³/mol. The Balaban J connectivity index is 0.000000240. The molecule has 2 unspecified atom stereocenters. The van der Waals surface area contributed by atoms with Gasteiger partial charge in [0.1, 0.15) is 0 Å². The van der Waals surface area contributed by atoms with Gasteiger partial charge in [-0.05, 0) is 103 Å². The average Bonchev–Trinajstić information content (AvgIpc) is 3.14. The number of halogens is 2. The van der Waals surface area contributed by atoms with E-state index in [1.807, 2.05) is 93.7 Å². The lowest BCUT2D eigenvalue weighted by Crippen LogP contribution is -2.14. The molecule has 254 valence electrons. The van der Waals surface area contributed by atoms with Crippen LogP contribution in [0.25, 0.3) is 0 Å². The van der Waals surface area contributed by atoms with Crippen LogP contribution in [-0.2, 0) is 6.42 Å². The lowest BCUT2D eigenvalue weighted by atomic mass is 9.93. The van der Waals surface area contributed by atoms with Crippen LogP contribution in [0.5, 0.6) is 0 Å². The summed E-state index contributed by atoms with van der Waals surface area (Å²) in [7, 11) is 0. The van der Waals surface area contributed by atoms with Gasteiger partial charge in [0.2, 0.25) is 0 Å². The summed E-state index contributed by atoms with van der Waals surface area (Å²) in [5.74, 6) is -0.0628. The Morgan fingerprint density at radius 1 is 0.600 bits per heavy atom. The molecule has 2 N–H and O–H groups in total. The molecule has 6 aromatic rings. The van der Waals surface area contributed by atoms with Crippen LogP contribution >= 0.6 is 28.3 Å². The van der Waals surface area contributed by atoms with E-state index in [1.54, 1.807) is 49.6 Å². The van der Waals surface area contributed by atoms with Crippen molar-refractivity contribution in [3.8, 4) is 12.1 Å². The Kier molecular flexibility index (Phi) is 18.8. The van der Waals surface area contributed by atoms with Crippen molar-refractivity contribution in [2.75, 3.05) is 6.54 Å². The Labute approximate surface area is 308 Å². The highest BCUT2D eigenvalue weighted by Crippen LogP contribution is 2.23. The SMILES string of the molecule is Brc1ccncc1.Cc1ccc(C(C#N)c2ccncc2)cn1.Cc1ccc(C(CN)c2ccncc2)cn1.Cc1ccc(CC#N)cn1.Cl. The van der Waals surface area contributed by atoms with Gasteiger partial charge in [0.25, 0.3) is 0 Å². The maximum absolute atomic E-state index is 9.20. The average molecular weight is 749 g/mol. The molecule has 0 aromatic carbocycles. The maximum Gasteiger partial charge on any atom is 0.0978 e. The van der Waals surface area contributed by atoms with E-state index in [0.29, 0.717) is 13.0 Å². The number of rotatable bonds is 6. The minimum Gasteiger partial charge on any atom is -0.330 e. The molecule has 2 atom stereocenters. The number of aromatic nitrogens is 6. The molecule has 0 aliphatic rings. The van der Waals surface area contributed by atoms with Crippen LogP contribution in [0.15, 0.2) is 133 Å². The zero-order valence-corrected chi connectivity index (χ0v) is 30.5. The lowest BCUT2D eigenvalue weighted by molar-refractivity contribution is 0.809. The molecule has 0 radical (unpaired) electrons. The summed E-state index contributed by atoms with van der Waals surface area (Å²) in [5, 5.41) is 17.5. The molecule has 6 rings (SSSR count). The van der Waals surface area contributed by atoms with Gasteiger partial charge in [-0.15, -0.1) is 12.4 Å². The lowest BCUT2D eigenvalue weighted by Gasteiger charge is -2.15. The molecule has 50 heavy (non-hydrogen) atoms. The van der Waals surface area contributed by atoms with Gasteiger partial charge in [-0.1, -0.05) is 34.1 Å². The van der Waals surface area contributed by atoms with E-state index in [2.05, 4.69) is 64.0 Å². The molecule has 9 nitrogen and oxygen atoms in total. The van der Waals surface area contributed by atoms with Crippen molar-refractivity contribution in [3.63, 3.8) is 0 Å². The van der Waals surface area contributed by atoms with E-state index in [-0.39, 0.29) is 24.2 Å². The quantitative estimate of drug-likeness (QED) is 0.178.